The second-order valence-corrected chi connectivity index (χ2v) is 4.35. The first-order valence-corrected chi connectivity index (χ1v) is 7.01. The molecule has 0 radical (unpaired) electrons. The van der Waals surface area contributed by atoms with Gasteiger partial charge in [-0.1, -0.05) is 37.3 Å². The molecule has 0 saturated carbocycles. The van der Waals surface area contributed by atoms with Crippen molar-refractivity contribution in [2.45, 2.75) is 26.7 Å². The van der Waals surface area contributed by atoms with E-state index in [-0.39, 0.29) is 0 Å². The zero-order chi connectivity index (χ0) is 13.9. The third-order valence-electron chi connectivity index (χ3n) is 2.86. The maximum Gasteiger partial charge on any atom is 0.191 e. The van der Waals surface area contributed by atoms with E-state index in [4.69, 9.17) is 0 Å². The second-order valence-electron chi connectivity index (χ2n) is 4.35. The lowest BCUT2D eigenvalue weighted by Crippen LogP contribution is -2.37. The standard InChI is InChI=1S/C16H25N3/c1-4-12-18-16(17-6-3)19-13-11-15-9-7-14(5-2)8-10-15/h4,7-10H,1,5-6,11-13H2,2-3H3,(H2,17,18,19). The molecule has 3 heteroatoms. The summed E-state index contributed by atoms with van der Waals surface area (Å²) in [6, 6.07) is 8.78. The topological polar surface area (TPSA) is 36.4 Å². The molecule has 0 spiro atoms. The van der Waals surface area contributed by atoms with Crippen LogP contribution in [-0.2, 0) is 12.8 Å². The van der Waals surface area contributed by atoms with Gasteiger partial charge in [-0.2, -0.15) is 0 Å². The Morgan fingerprint density at radius 2 is 1.84 bits per heavy atom. The molecule has 0 unspecified atom stereocenters. The van der Waals surface area contributed by atoms with Crippen molar-refractivity contribution in [1.29, 1.82) is 0 Å². The summed E-state index contributed by atoms with van der Waals surface area (Å²) in [6.45, 7) is 10.3. The van der Waals surface area contributed by atoms with Gasteiger partial charge >= 0.3 is 0 Å². The number of hydrogen-bond acceptors (Lipinski definition) is 1. The normalized spacial score (nSPS) is 11.2. The van der Waals surface area contributed by atoms with Gasteiger partial charge < -0.3 is 10.6 Å². The fraction of sp³-hybridized carbons (Fsp3) is 0.438. The van der Waals surface area contributed by atoms with Crippen molar-refractivity contribution in [3.05, 3.63) is 48.0 Å². The van der Waals surface area contributed by atoms with E-state index in [1.54, 1.807) is 0 Å². The predicted molar refractivity (Wildman–Crippen MR) is 83.7 cm³/mol. The first kappa shape index (κ1) is 15.3. The van der Waals surface area contributed by atoms with Gasteiger partial charge in [0.1, 0.15) is 0 Å². The molecular formula is C16H25N3. The second kappa shape index (κ2) is 9.20. The maximum absolute atomic E-state index is 4.54. The largest absolute Gasteiger partial charge is 0.357 e. The lowest BCUT2D eigenvalue weighted by Gasteiger charge is -2.09. The molecule has 1 rings (SSSR count). The van der Waals surface area contributed by atoms with Crippen molar-refractivity contribution >= 4 is 5.96 Å². The summed E-state index contributed by atoms with van der Waals surface area (Å²) in [4.78, 5) is 4.54. The van der Waals surface area contributed by atoms with E-state index in [0.29, 0.717) is 0 Å². The van der Waals surface area contributed by atoms with Crippen molar-refractivity contribution in [3.63, 3.8) is 0 Å². The summed E-state index contributed by atoms with van der Waals surface area (Å²) >= 11 is 0. The highest BCUT2D eigenvalue weighted by molar-refractivity contribution is 5.79. The number of aryl methyl sites for hydroxylation is 1. The molecule has 1 aromatic rings. The predicted octanol–water partition coefficient (Wildman–Crippen LogP) is 2.53. The average molecular weight is 259 g/mol. The molecule has 1 aromatic carbocycles. The van der Waals surface area contributed by atoms with Gasteiger partial charge in [0.25, 0.3) is 0 Å². The Kier molecular flexibility index (Phi) is 7.40. The molecule has 3 nitrogen and oxygen atoms in total. The van der Waals surface area contributed by atoms with Gasteiger partial charge in [-0.15, -0.1) is 6.58 Å². The van der Waals surface area contributed by atoms with Crippen molar-refractivity contribution in [2.75, 3.05) is 19.6 Å². The van der Waals surface area contributed by atoms with Crippen molar-refractivity contribution in [2.24, 2.45) is 4.99 Å². The molecule has 0 aromatic heterocycles. The molecule has 0 aliphatic heterocycles. The van der Waals surface area contributed by atoms with Crippen LogP contribution < -0.4 is 10.6 Å². The summed E-state index contributed by atoms with van der Waals surface area (Å²) in [5.41, 5.74) is 2.72. The third kappa shape index (κ3) is 6.09. The van der Waals surface area contributed by atoms with E-state index in [0.717, 1.165) is 38.4 Å². The van der Waals surface area contributed by atoms with Gasteiger partial charge in [0, 0.05) is 19.6 Å². The summed E-state index contributed by atoms with van der Waals surface area (Å²) in [7, 11) is 0. The molecular weight excluding hydrogens is 234 g/mol. The molecule has 2 N–H and O–H groups in total. The molecule has 0 heterocycles. The first-order valence-electron chi connectivity index (χ1n) is 7.01. The highest BCUT2D eigenvalue weighted by atomic mass is 15.2. The van der Waals surface area contributed by atoms with E-state index in [1.807, 2.05) is 6.08 Å². The number of guanidine groups is 1. The Bertz CT molecular complexity index is 393. The van der Waals surface area contributed by atoms with Gasteiger partial charge in [0.2, 0.25) is 0 Å². The number of nitrogens with one attached hydrogen (secondary N) is 2. The summed E-state index contributed by atoms with van der Waals surface area (Å²) in [5.74, 6) is 0.854. The van der Waals surface area contributed by atoms with Gasteiger partial charge in [0.15, 0.2) is 5.96 Å². The number of nitrogens with zero attached hydrogens (tertiary/aromatic N) is 1. The van der Waals surface area contributed by atoms with Crippen LogP contribution in [0.25, 0.3) is 0 Å². The number of aliphatic imine (C=N–C) groups is 1. The van der Waals surface area contributed by atoms with E-state index < -0.39 is 0 Å². The van der Waals surface area contributed by atoms with E-state index in [2.05, 4.69) is 60.3 Å². The zero-order valence-electron chi connectivity index (χ0n) is 12.1. The molecule has 0 aliphatic carbocycles. The first-order chi connectivity index (χ1) is 9.30. The van der Waals surface area contributed by atoms with Crippen LogP contribution in [-0.4, -0.2) is 25.6 Å². The van der Waals surface area contributed by atoms with Crippen molar-refractivity contribution < 1.29 is 0 Å². The van der Waals surface area contributed by atoms with Crippen LogP contribution in [0.4, 0.5) is 0 Å². The van der Waals surface area contributed by atoms with Gasteiger partial charge in [-0.25, -0.2) is 0 Å². The molecule has 104 valence electrons. The van der Waals surface area contributed by atoms with Crippen LogP contribution in [0.3, 0.4) is 0 Å². The smallest absolute Gasteiger partial charge is 0.191 e. The summed E-state index contributed by atoms with van der Waals surface area (Å²) in [5, 5.41) is 6.41. The van der Waals surface area contributed by atoms with Crippen LogP contribution >= 0.6 is 0 Å². The Balaban J connectivity index is 2.45. The molecule has 19 heavy (non-hydrogen) atoms. The van der Waals surface area contributed by atoms with Crippen LogP contribution in [0.5, 0.6) is 0 Å². The van der Waals surface area contributed by atoms with Crippen LogP contribution in [0.2, 0.25) is 0 Å². The Hall–Kier alpha value is -1.77. The minimum Gasteiger partial charge on any atom is -0.357 e. The number of hydrogen-bond donors (Lipinski definition) is 2. The SMILES string of the molecule is C=CCNC(=NCCc1ccc(CC)cc1)NCC. The van der Waals surface area contributed by atoms with Gasteiger partial charge in [0.05, 0.1) is 0 Å². The summed E-state index contributed by atoms with van der Waals surface area (Å²) in [6.07, 6.45) is 3.89. The summed E-state index contributed by atoms with van der Waals surface area (Å²) < 4.78 is 0. The fourth-order valence-electron chi connectivity index (χ4n) is 1.75. The van der Waals surface area contributed by atoms with Crippen molar-refractivity contribution in [3.8, 4) is 0 Å². The highest BCUT2D eigenvalue weighted by Crippen LogP contribution is 2.05. The Labute approximate surface area is 116 Å². The minimum atomic E-state index is 0.733. The van der Waals surface area contributed by atoms with Crippen LogP contribution in [0, 0.1) is 0 Å². The minimum absolute atomic E-state index is 0.733. The molecule has 0 amide bonds. The monoisotopic (exact) mass is 259 g/mol. The lowest BCUT2D eigenvalue weighted by atomic mass is 10.1. The van der Waals surface area contributed by atoms with Gasteiger partial charge in [-0.3, -0.25) is 4.99 Å². The molecule has 0 bridgehead atoms. The molecule has 0 atom stereocenters. The van der Waals surface area contributed by atoms with Crippen molar-refractivity contribution in [1.82, 2.24) is 10.6 Å². The quantitative estimate of drug-likeness (QED) is 0.448. The third-order valence-corrected chi connectivity index (χ3v) is 2.86. The maximum atomic E-state index is 4.54. The van der Waals surface area contributed by atoms with Crippen LogP contribution in [0.15, 0.2) is 41.9 Å². The Morgan fingerprint density at radius 1 is 1.16 bits per heavy atom. The van der Waals surface area contributed by atoms with Crippen LogP contribution in [0.1, 0.15) is 25.0 Å². The average Bonchev–Trinajstić information content (AvgIpc) is 2.45. The molecule has 0 aliphatic rings. The zero-order valence-corrected chi connectivity index (χ0v) is 12.1. The molecule has 0 fully saturated rings. The van der Waals surface area contributed by atoms with E-state index in [9.17, 15) is 0 Å². The fourth-order valence-corrected chi connectivity index (χ4v) is 1.75. The number of benzene rings is 1. The lowest BCUT2D eigenvalue weighted by molar-refractivity contribution is 0.851. The highest BCUT2D eigenvalue weighted by Gasteiger charge is 1.96. The van der Waals surface area contributed by atoms with E-state index in [1.165, 1.54) is 11.1 Å². The number of rotatable bonds is 7. The van der Waals surface area contributed by atoms with E-state index >= 15 is 0 Å². The van der Waals surface area contributed by atoms with Gasteiger partial charge in [-0.05, 0) is 30.9 Å². The molecule has 0 saturated heterocycles. The Morgan fingerprint density at radius 3 is 2.42 bits per heavy atom.